The number of carbonyl (C=O) groups is 1. The molecule has 0 rings (SSSR count). The molecular formula is C31H60O11. The Kier molecular flexibility index (Phi) is 35.1. The van der Waals surface area contributed by atoms with E-state index in [1.807, 2.05) is 0 Å². The summed E-state index contributed by atoms with van der Waals surface area (Å²) in [7, 11) is 1.65. The molecule has 0 unspecified atom stereocenters. The van der Waals surface area contributed by atoms with Crippen molar-refractivity contribution < 1.29 is 52.2 Å². The molecule has 0 aromatic carbocycles. The molecule has 11 heteroatoms. The number of hydrogen-bond donors (Lipinski definition) is 0. The number of ether oxygens (including phenoxy) is 10. The zero-order chi connectivity index (χ0) is 30.6. The first-order valence-electron chi connectivity index (χ1n) is 15.6. The SMILES string of the molecule is C=C(C)C(=O)OCCCCCCCCCCOCCOCCOCCOCCOCCOCCOCCOCCOC. The van der Waals surface area contributed by atoms with Gasteiger partial charge in [-0.1, -0.05) is 45.1 Å². The maximum absolute atomic E-state index is 11.3. The van der Waals surface area contributed by atoms with Crippen LogP contribution in [-0.4, -0.2) is 132 Å². The van der Waals surface area contributed by atoms with Crippen molar-refractivity contribution in [1.29, 1.82) is 0 Å². The van der Waals surface area contributed by atoms with Crippen LogP contribution in [0.5, 0.6) is 0 Å². The highest BCUT2D eigenvalue weighted by molar-refractivity contribution is 5.86. The predicted molar refractivity (Wildman–Crippen MR) is 161 cm³/mol. The van der Waals surface area contributed by atoms with Crippen LogP contribution in [0.15, 0.2) is 12.2 Å². The Morgan fingerprint density at radius 2 is 0.667 bits per heavy atom. The highest BCUT2D eigenvalue weighted by Gasteiger charge is 2.02. The summed E-state index contributed by atoms with van der Waals surface area (Å²) < 4.78 is 53.7. The number of rotatable bonds is 36. The van der Waals surface area contributed by atoms with Gasteiger partial charge < -0.3 is 47.4 Å². The standard InChI is InChI=1S/C31H60O11/c1-30(2)31(32)42-13-11-9-7-5-4-6-8-10-12-34-16-17-36-20-21-38-24-25-40-28-29-41-27-26-39-23-22-37-19-18-35-15-14-33-3/h1,4-29H2,2-3H3. The van der Waals surface area contributed by atoms with Gasteiger partial charge in [-0.2, -0.15) is 0 Å². The fourth-order valence-electron chi connectivity index (χ4n) is 3.44. The first-order chi connectivity index (χ1) is 20.7. The number of methoxy groups -OCH3 is 1. The Morgan fingerprint density at radius 3 is 0.976 bits per heavy atom. The Balaban J connectivity index is 3.06. The number of esters is 1. The third kappa shape index (κ3) is 35.0. The number of carbonyl (C=O) groups excluding carboxylic acids is 1. The second-order valence-electron chi connectivity index (χ2n) is 9.64. The van der Waals surface area contributed by atoms with Gasteiger partial charge in [0, 0.05) is 19.3 Å². The molecule has 0 aliphatic carbocycles. The molecule has 0 saturated carbocycles. The summed E-state index contributed by atoms with van der Waals surface area (Å²) in [6.07, 6.45) is 9.20. The molecule has 0 atom stereocenters. The molecule has 0 aromatic heterocycles. The van der Waals surface area contributed by atoms with Crippen LogP contribution in [-0.2, 0) is 52.2 Å². The van der Waals surface area contributed by atoms with Crippen LogP contribution in [0.25, 0.3) is 0 Å². The van der Waals surface area contributed by atoms with Crippen LogP contribution in [0.4, 0.5) is 0 Å². The molecule has 0 spiro atoms. The van der Waals surface area contributed by atoms with Gasteiger partial charge in [-0.3, -0.25) is 0 Å². The van der Waals surface area contributed by atoms with Crippen LogP contribution < -0.4 is 0 Å². The van der Waals surface area contributed by atoms with Crippen molar-refractivity contribution in [1.82, 2.24) is 0 Å². The van der Waals surface area contributed by atoms with Crippen molar-refractivity contribution >= 4 is 5.97 Å². The Morgan fingerprint density at radius 1 is 0.405 bits per heavy atom. The van der Waals surface area contributed by atoms with Crippen LogP contribution >= 0.6 is 0 Å². The smallest absolute Gasteiger partial charge is 0.333 e. The summed E-state index contributed by atoms with van der Waals surface area (Å²) in [6.45, 7) is 15.4. The average molecular weight is 609 g/mol. The lowest BCUT2D eigenvalue weighted by atomic mass is 10.1. The minimum atomic E-state index is -0.289. The molecule has 0 amide bonds. The number of unbranched alkanes of at least 4 members (excludes halogenated alkanes) is 7. The zero-order valence-corrected chi connectivity index (χ0v) is 26.6. The first-order valence-corrected chi connectivity index (χ1v) is 15.6. The summed E-state index contributed by atoms with van der Waals surface area (Å²) in [4.78, 5) is 11.3. The highest BCUT2D eigenvalue weighted by Crippen LogP contribution is 2.09. The van der Waals surface area contributed by atoms with Crippen molar-refractivity contribution in [3.8, 4) is 0 Å². The second kappa shape index (κ2) is 36.0. The largest absolute Gasteiger partial charge is 0.462 e. The van der Waals surface area contributed by atoms with Gasteiger partial charge in [0.2, 0.25) is 0 Å². The van der Waals surface area contributed by atoms with E-state index in [-0.39, 0.29) is 5.97 Å². The van der Waals surface area contributed by atoms with E-state index in [0.29, 0.717) is 118 Å². The third-order valence-electron chi connectivity index (χ3n) is 5.80. The molecule has 0 N–H and O–H groups in total. The van der Waals surface area contributed by atoms with Crippen LogP contribution in [0.2, 0.25) is 0 Å². The van der Waals surface area contributed by atoms with Crippen molar-refractivity contribution in [3.05, 3.63) is 12.2 Å². The van der Waals surface area contributed by atoms with E-state index in [1.165, 1.54) is 32.1 Å². The molecule has 0 saturated heterocycles. The van der Waals surface area contributed by atoms with Crippen LogP contribution in [0, 0.1) is 0 Å². The zero-order valence-electron chi connectivity index (χ0n) is 26.6. The average Bonchev–Trinajstić information content (AvgIpc) is 2.99. The molecule has 0 radical (unpaired) electrons. The monoisotopic (exact) mass is 608 g/mol. The summed E-state index contributed by atoms with van der Waals surface area (Å²) in [6, 6.07) is 0. The van der Waals surface area contributed by atoms with E-state index in [2.05, 4.69) is 6.58 Å². The lowest BCUT2D eigenvalue weighted by Gasteiger charge is -2.08. The molecule has 0 fully saturated rings. The van der Waals surface area contributed by atoms with Gasteiger partial charge in [-0.15, -0.1) is 0 Å². The lowest BCUT2D eigenvalue weighted by Crippen LogP contribution is -2.15. The third-order valence-corrected chi connectivity index (χ3v) is 5.80. The predicted octanol–water partition coefficient (Wildman–Crippen LogP) is 4.01. The first kappa shape index (κ1) is 40.9. The quantitative estimate of drug-likeness (QED) is 0.0585. The highest BCUT2D eigenvalue weighted by atomic mass is 16.6. The molecule has 0 bridgehead atoms. The van der Waals surface area contributed by atoms with Gasteiger partial charge >= 0.3 is 5.97 Å². The van der Waals surface area contributed by atoms with Gasteiger partial charge in [-0.25, -0.2) is 4.79 Å². The van der Waals surface area contributed by atoms with Crippen molar-refractivity contribution in [2.75, 3.05) is 126 Å². The van der Waals surface area contributed by atoms with E-state index in [1.54, 1.807) is 14.0 Å². The summed E-state index contributed by atoms with van der Waals surface area (Å²) in [5.41, 5.74) is 0.460. The maximum Gasteiger partial charge on any atom is 0.333 e. The van der Waals surface area contributed by atoms with Gasteiger partial charge in [0.15, 0.2) is 0 Å². The molecule has 42 heavy (non-hydrogen) atoms. The molecule has 11 nitrogen and oxygen atoms in total. The van der Waals surface area contributed by atoms with E-state index in [4.69, 9.17) is 47.4 Å². The fraction of sp³-hybridized carbons (Fsp3) is 0.903. The van der Waals surface area contributed by atoms with Crippen LogP contribution in [0.3, 0.4) is 0 Å². The maximum atomic E-state index is 11.3. The molecule has 0 aliphatic heterocycles. The van der Waals surface area contributed by atoms with Gasteiger partial charge in [0.1, 0.15) is 0 Å². The fourth-order valence-corrected chi connectivity index (χ4v) is 3.44. The lowest BCUT2D eigenvalue weighted by molar-refractivity contribution is -0.139. The minimum absolute atomic E-state index is 0.289. The van der Waals surface area contributed by atoms with E-state index in [0.717, 1.165) is 25.9 Å². The minimum Gasteiger partial charge on any atom is -0.462 e. The Hall–Kier alpha value is -1.15. The molecule has 0 aliphatic rings. The molecule has 250 valence electrons. The Labute approximate surface area is 254 Å². The summed E-state index contributed by atoms with van der Waals surface area (Å²) >= 11 is 0. The van der Waals surface area contributed by atoms with E-state index >= 15 is 0 Å². The molecule has 0 aromatic rings. The molecular weight excluding hydrogens is 548 g/mol. The molecule has 0 heterocycles. The van der Waals surface area contributed by atoms with Crippen molar-refractivity contribution in [2.45, 2.75) is 58.3 Å². The summed E-state index contributed by atoms with van der Waals surface area (Å²) in [5, 5.41) is 0. The number of hydrogen-bond acceptors (Lipinski definition) is 11. The van der Waals surface area contributed by atoms with E-state index in [9.17, 15) is 4.79 Å². The Bertz CT molecular complexity index is 563. The van der Waals surface area contributed by atoms with E-state index < -0.39 is 0 Å². The van der Waals surface area contributed by atoms with Crippen LogP contribution in [0.1, 0.15) is 58.3 Å². The normalized spacial score (nSPS) is 11.3. The van der Waals surface area contributed by atoms with Gasteiger partial charge in [0.25, 0.3) is 0 Å². The second-order valence-corrected chi connectivity index (χ2v) is 9.64. The topological polar surface area (TPSA) is 109 Å². The van der Waals surface area contributed by atoms with Crippen molar-refractivity contribution in [2.24, 2.45) is 0 Å². The summed E-state index contributed by atoms with van der Waals surface area (Å²) in [5.74, 6) is -0.289. The van der Waals surface area contributed by atoms with Gasteiger partial charge in [-0.05, 0) is 19.8 Å². The van der Waals surface area contributed by atoms with Gasteiger partial charge in [0.05, 0.1) is 112 Å². The van der Waals surface area contributed by atoms with Crippen molar-refractivity contribution in [3.63, 3.8) is 0 Å².